The van der Waals surface area contributed by atoms with Gasteiger partial charge in [-0.25, -0.2) is 0 Å². The smallest absolute Gasteiger partial charge is 0.307 e. The molecule has 0 aliphatic rings. The quantitative estimate of drug-likeness (QED) is 0.364. The molecule has 0 amide bonds. The van der Waals surface area contributed by atoms with Crippen molar-refractivity contribution in [1.82, 2.24) is 0 Å². The Morgan fingerprint density at radius 2 is 2.08 bits per heavy atom. The maximum atomic E-state index is 11.0. The molecule has 0 rings (SSSR count). The van der Waals surface area contributed by atoms with Crippen LogP contribution in [0.2, 0.25) is 0 Å². The molecule has 0 N–H and O–H groups in total. The van der Waals surface area contributed by atoms with E-state index in [4.69, 9.17) is 16.3 Å². The molecule has 0 aromatic carbocycles. The van der Waals surface area contributed by atoms with Crippen molar-refractivity contribution < 1.29 is 9.53 Å². The summed E-state index contributed by atoms with van der Waals surface area (Å²) in [6.45, 7) is 4.49. The van der Waals surface area contributed by atoms with E-state index >= 15 is 0 Å². The number of carbonyl (C=O) groups excluding carboxylic acids is 1. The molecule has 0 aromatic heterocycles. The zero-order valence-electron chi connectivity index (χ0n) is 8.51. The minimum absolute atomic E-state index is 0.122. The fourth-order valence-electron chi connectivity index (χ4n) is 1.00. The lowest BCUT2D eigenvalue weighted by molar-refractivity contribution is -0.143. The van der Waals surface area contributed by atoms with Crippen LogP contribution in [0.1, 0.15) is 46.0 Å². The lowest BCUT2D eigenvalue weighted by atomic mass is 10.2. The molecule has 13 heavy (non-hydrogen) atoms. The molecule has 78 valence electrons. The molecule has 0 aliphatic carbocycles. The van der Waals surface area contributed by atoms with Crippen molar-refractivity contribution in [2.75, 3.05) is 6.61 Å². The average molecular weight is 207 g/mol. The Kier molecular flexibility index (Phi) is 8.21. The van der Waals surface area contributed by atoms with Crippen LogP contribution in [0.25, 0.3) is 0 Å². The van der Waals surface area contributed by atoms with Crippen LogP contribution in [0.5, 0.6) is 0 Å². The molecule has 0 saturated carbocycles. The minimum Gasteiger partial charge on any atom is -0.466 e. The van der Waals surface area contributed by atoms with Gasteiger partial charge in [0.25, 0.3) is 0 Å². The second kappa shape index (κ2) is 8.36. The number of ether oxygens (including phenoxy) is 1. The van der Waals surface area contributed by atoms with Gasteiger partial charge < -0.3 is 4.74 Å². The largest absolute Gasteiger partial charge is 0.466 e. The fourth-order valence-corrected chi connectivity index (χ4v) is 1.13. The molecule has 0 aliphatic heterocycles. The third-order valence-corrected chi connectivity index (χ3v) is 1.86. The second-order valence-corrected chi connectivity index (χ2v) is 4.01. The van der Waals surface area contributed by atoms with Crippen molar-refractivity contribution in [3.05, 3.63) is 0 Å². The van der Waals surface area contributed by atoms with Crippen molar-refractivity contribution >= 4 is 17.6 Å². The minimum atomic E-state index is -0.181. The third kappa shape index (κ3) is 9.68. The molecular formula is C10H19ClO2. The highest BCUT2D eigenvalue weighted by Crippen LogP contribution is 2.03. The summed E-state index contributed by atoms with van der Waals surface area (Å²) in [4.78, 5) is 11.0. The Morgan fingerprint density at radius 3 is 2.62 bits per heavy atom. The predicted octanol–water partition coefficient (Wildman–Crippen LogP) is 3.13. The topological polar surface area (TPSA) is 26.3 Å². The van der Waals surface area contributed by atoms with E-state index in [1.165, 1.54) is 12.8 Å². The summed E-state index contributed by atoms with van der Waals surface area (Å²) in [5.41, 5.74) is 0. The standard InChI is InChI=1S/C10H19ClO2/c1-3-4-5-6-7-13-10(12)8-9(2)11/h9H,3-8H2,1-2H3. The Morgan fingerprint density at radius 1 is 1.38 bits per heavy atom. The Bertz CT molecular complexity index is 135. The SMILES string of the molecule is CCCCCCOC(=O)CC(C)Cl. The van der Waals surface area contributed by atoms with Crippen molar-refractivity contribution in [3.63, 3.8) is 0 Å². The van der Waals surface area contributed by atoms with E-state index in [-0.39, 0.29) is 11.3 Å². The van der Waals surface area contributed by atoms with E-state index in [1.807, 2.05) is 0 Å². The first-order valence-electron chi connectivity index (χ1n) is 4.96. The van der Waals surface area contributed by atoms with E-state index in [0.29, 0.717) is 13.0 Å². The molecule has 2 nitrogen and oxygen atoms in total. The number of hydrogen-bond acceptors (Lipinski definition) is 2. The van der Waals surface area contributed by atoms with Gasteiger partial charge >= 0.3 is 5.97 Å². The van der Waals surface area contributed by atoms with Crippen LogP contribution in [0.4, 0.5) is 0 Å². The van der Waals surface area contributed by atoms with Gasteiger partial charge in [0.15, 0.2) is 0 Å². The number of hydrogen-bond donors (Lipinski definition) is 0. The number of halogens is 1. The zero-order chi connectivity index (χ0) is 10.1. The lowest BCUT2D eigenvalue weighted by Crippen LogP contribution is -2.09. The van der Waals surface area contributed by atoms with Crippen LogP contribution < -0.4 is 0 Å². The van der Waals surface area contributed by atoms with Crippen molar-refractivity contribution in [3.8, 4) is 0 Å². The molecule has 0 aromatic rings. The first kappa shape index (κ1) is 12.8. The van der Waals surface area contributed by atoms with Gasteiger partial charge in [0.2, 0.25) is 0 Å². The molecule has 1 atom stereocenters. The highest BCUT2D eigenvalue weighted by Gasteiger charge is 2.06. The lowest BCUT2D eigenvalue weighted by Gasteiger charge is -2.04. The van der Waals surface area contributed by atoms with Crippen molar-refractivity contribution in [2.45, 2.75) is 51.3 Å². The molecule has 0 fully saturated rings. The van der Waals surface area contributed by atoms with Crippen LogP contribution in [-0.4, -0.2) is 18.0 Å². The van der Waals surface area contributed by atoms with Gasteiger partial charge in [0, 0.05) is 5.38 Å². The van der Waals surface area contributed by atoms with Crippen LogP contribution in [-0.2, 0) is 9.53 Å². The van der Waals surface area contributed by atoms with Gasteiger partial charge in [0.1, 0.15) is 0 Å². The summed E-state index contributed by atoms with van der Waals surface area (Å²) in [6, 6.07) is 0. The number of carbonyl (C=O) groups is 1. The molecular weight excluding hydrogens is 188 g/mol. The Labute approximate surface area is 85.6 Å². The maximum absolute atomic E-state index is 11.0. The first-order valence-corrected chi connectivity index (χ1v) is 5.40. The Balaban J connectivity index is 3.17. The van der Waals surface area contributed by atoms with Gasteiger partial charge in [-0.15, -0.1) is 11.6 Å². The van der Waals surface area contributed by atoms with Crippen LogP contribution >= 0.6 is 11.6 Å². The highest BCUT2D eigenvalue weighted by atomic mass is 35.5. The molecule has 3 heteroatoms. The highest BCUT2D eigenvalue weighted by molar-refractivity contribution is 6.21. The average Bonchev–Trinajstić information content (AvgIpc) is 2.02. The molecule has 0 heterocycles. The van der Waals surface area contributed by atoms with Crippen LogP contribution in [0, 0.1) is 0 Å². The summed E-state index contributed by atoms with van der Waals surface area (Å²) in [5.74, 6) is -0.181. The third-order valence-electron chi connectivity index (χ3n) is 1.71. The Hall–Kier alpha value is -0.240. The number of alkyl halides is 1. The zero-order valence-corrected chi connectivity index (χ0v) is 9.27. The van der Waals surface area contributed by atoms with Crippen molar-refractivity contribution in [2.24, 2.45) is 0 Å². The van der Waals surface area contributed by atoms with E-state index in [1.54, 1.807) is 6.92 Å². The monoisotopic (exact) mass is 206 g/mol. The van der Waals surface area contributed by atoms with Gasteiger partial charge in [0.05, 0.1) is 13.0 Å². The number of unbranched alkanes of at least 4 members (excludes halogenated alkanes) is 3. The van der Waals surface area contributed by atoms with E-state index in [2.05, 4.69) is 6.92 Å². The summed E-state index contributed by atoms with van der Waals surface area (Å²) < 4.78 is 4.98. The number of rotatable bonds is 7. The van der Waals surface area contributed by atoms with Gasteiger partial charge in [-0.05, 0) is 13.3 Å². The van der Waals surface area contributed by atoms with Gasteiger partial charge in [-0.1, -0.05) is 26.2 Å². The summed E-state index contributed by atoms with van der Waals surface area (Å²) in [7, 11) is 0. The second-order valence-electron chi connectivity index (χ2n) is 3.27. The van der Waals surface area contributed by atoms with Crippen molar-refractivity contribution in [1.29, 1.82) is 0 Å². The van der Waals surface area contributed by atoms with E-state index in [9.17, 15) is 4.79 Å². The van der Waals surface area contributed by atoms with Crippen LogP contribution in [0.3, 0.4) is 0 Å². The first-order chi connectivity index (χ1) is 6.16. The summed E-state index contributed by atoms with van der Waals surface area (Å²) in [6.07, 6.45) is 4.84. The number of esters is 1. The van der Waals surface area contributed by atoms with E-state index in [0.717, 1.165) is 12.8 Å². The van der Waals surface area contributed by atoms with Gasteiger partial charge in [-0.3, -0.25) is 4.79 Å². The summed E-state index contributed by atoms with van der Waals surface area (Å²) in [5, 5.41) is -0.122. The molecule has 0 bridgehead atoms. The molecule has 0 spiro atoms. The van der Waals surface area contributed by atoms with Crippen LogP contribution in [0.15, 0.2) is 0 Å². The predicted molar refractivity (Wildman–Crippen MR) is 55.0 cm³/mol. The summed E-state index contributed by atoms with van der Waals surface area (Å²) >= 11 is 5.63. The fraction of sp³-hybridized carbons (Fsp3) is 0.900. The normalized spacial score (nSPS) is 12.5. The molecule has 1 unspecified atom stereocenters. The van der Waals surface area contributed by atoms with Gasteiger partial charge in [-0.2, -0.15) is 0 Å². The maximum Gasteiger partial charge on any atom is 0.307 e. The molecule has 0 radical (unpaired) electrons. The molecule has 0 saturated heterocycles. The van der Waals surface area contributed by atoms with E-state index < -0.39 is 0 Å².